The van der Waals surface area contributed by atoms with Crippen LogP contribution in [0.25, 0.3) is 11.4 Å². The highest BCUT2D eigenvalue weighted by molar-refractivity contribution is 5.99. The number of alkyl halides is 3. The Balaban J connectivity index is 1.41. The van der Waals surface area contributed by atoms with Crippen molar-refractivity contribution in [1.29, 1.82) is 0 Å². The number of amides is 1. The van der Waals surface area contributed by atoms with Crippen molar-refractivity contribution in [2.24, 2.45) is 5.92 Å². The molecule has 176 valence electrons. The molecular weight excluding hydrogens is 450 g/mol. The van der Waals surface area contributed by atoms with Crippen molar-refractivity contribution < 1.29 is 22.4 Å². The zero-order valence-corrected chi connectivity index (χ0v) is 18.3. The number of carbonyl (C=O) groups is 1. The van der Waals surface area contributed by atoms with Crippen LogP contribution in [-0.4, -0.2) is 42.8 Å². The summed E-state index contributed by atoms with van der Waals surface area (Å²) in [6, 6.07) is 3.78. The van der Waals surface area contributed by atoms with Crippen molar-refractivity contribution in [1.82, 2.24) is 24.8 Å². The standard InChI is InChI=1S/C24H21F4N5O/c1-13-5-8-29-21(20(13)22-30-6-2-7-31-22)23(34)33-16-3-4-19(33)14(9-16)10-18-17(25)11-15(12-32-18)24(26,27)28/h2,5-8,11-12,14,16,19H,3-4,9-10H2,1H3. The van der Waals surface area contributed by atoms with Crippen molar-refractivity contribution in [2.75, 3.05) is 0 Å². The van der Waals surface area contributed by atoms with Gasteiger partial charge < -0.3 is 4.90 Å². The number of nitrogens with zero attached hydrogens (tertiary/aromatic N) is 5. The molecule has 5 heterocycles. The fourth-order valence-corrected chi connectivity index (χ4v) is 5.22. The molecule has 2 saturated heterocycles. The lowest BCUT2D eigenvalue weighted by molar-refractivity contribution is -0.138. The molecule has 0 aromatic carbocycles. The summed E-state index contributed by atoms with van der Waals surface area (Å²) in [7, 11) is 0. The lowest BCUT2D eigenvalue weighted by Gasteiger charge is -2.25. The number of rotatable bonds is 4. The molecular formula is C24H21F4N5O. The van der Waals surface area contributed by atoms with Gasteiger partial charge in [-0.05, 0) is 62.3 Å². The van der Waals surface area contributed by atoms with Gasteiger partial charge in [-0.1, -0.05) is 0 Å². The van der Waals surface area contributed by atoms with Gasteiger partial charge in [-0.2, -0.15) is 13.2 Å². The normalized spacial score (nSPS) is 21.8. The highest BCUT2D eigenvalue weighted by Crippen LogP contribution is 2.44. The van der Waals surface area contributed by atoms with Crippen molar-refractivity contribution in [3.8, 4) is 11.4 Å². The number of aromatic nitrogens is 4. The average Bonchev–Trinajstić information content (AvgIpc) is 3.37. The average molecular weight is 471 g/mol. The second-order valence-corrected chi connectivity index (χ2v) is 8.78. The lowest BCUT2D eigenvalue weighted by Crippen LogP contribution is -2.37. The van der Waals surface area contributed by atoms with Crippen LogP contribution in [0.4, 0.5) is 17.6 Å². The van der Waals surface area contributed by atoms with Crippen LogP contribution < -0.4 is 0 Å². The van der Waals surface area contributed by atoms with E-state index in [4.69, 9.17) is 0 Å². The molecule has 5 rings (SSSR count). The van der Waals surface area contributed by atoms with Gasteiger partial charge in [0.2, 0.25) is 0 Å². The number of hydrogen-bond acceptors (Lipinski definition) is 5. The maximum absolute atomic E-state index is 14.4. The van der Waals surface area contributed by atoms with Gasteiger partial charge in [0.25, 0.3) is 5.91 Å². The van der Waals surface area contributed by atoms with Crippen LogP contribution in [0.3, 0.4) is 0 Å². The molecule has 0 N–H and O–H groups in total. The Bertz CT molecular complexity index is 1230. The van der Waals surface area contributed by atoms with Crippen molar-refractivity contribution in [3.63, 3.8) is 0 Å². The fraction of sp³-hybridized carbons (Fsp3) is 0.375. The highest BCUT2D eigenvalue weighted by Gasteiger charge is 2.49. The Morgan fingerprint density at radius 3 is 2.59 bits per heavy atom. The summed E-state index contributed by atoms with van der Waals surface area (Å²) in [5.74, 6) is -0.889. The van der Waals surface area contributed by atoms with Crippen molar-refractivity contribution in [3.05, 3.63) is 71.3 Å². The van der Waals surface area contributed by atoms with E-state index in [0.717, 1.165) is 18.4 Å². The molecule has 1 amide bonds. The minimum Gasteiger partial charge on any atom is -0.331 e. The zero-order chi connectivity index (χ0) is 24.0. The largest absolute Gasteiger partial charge is 0.417 e. The minimum absolute atomic E-state index is 0.00926. The third kappa shape index (κ3) is 3.91. The fourth-order valence-electron chi connectivity index (χ4n) is 5.22. The Kier molecular flexibility index (Phi) is 5.53. The van der Waals surface area contributed by atoms with Gasteiger partial charge >= 0.3 is 6.18 Å². The molecule has 3 unspecified atom stereocenters. The second kappa shape index (κ2) is 8.41. The summed E-state index contributed by atoms with van der Waals surface area (Å²) < 4.78 is 53.0. The third-order valence-corrected chi connectivity index (χ3v) is 6.75. The molecule has 0 radical (unpaired) electrons. The Hall–Kier alpha value is -3.43. The SMILES string of the molecule is Cc1ccnc(C(=O)N2C3CCC2C(Cc2ncc(C(F)(F)F)cc2F)C3)c1-c1ncccn1. The Morgan fingerprint density at radius 2 is 1.88 bits per heavy atom. The number of pyridine rings is 2. The first-order chi connectivity index (χ1) is 16.2. The minimum atomic E-state index is -4.65. The Labute approximate surface area is 193 Å². The number of carbonyl (C=O) groups excluding carboxylic acids is 1. The monoisotopic (exact) mass is 471 g/mol. The quantitative estimate of drug-likeness (QED) is 0.519. The van der Waals surface area contributed by atoms with Gasteiger partial charge in [-0.3, -0.25) is 14.8 Å². The van der Waals surface area contributed by atoms with E-state index in [-0.39, 0.29) is 41.7 Å². The first-order valence-electron chi connectivity index (χ1n) is 11.0. The Morgan fingerprint density at radius 1 is 1.12 bits per heavy atom. The maximum Gasteiger partial charge on any atom is 0.417 e. The van der Waals surface area contributed by atoms with Gasteiger partial charge in [-0.25, -0.2) is 14.4 Å². The van der Waals surface area contributed by atoms with Crippen LogP contribution in [0.2, 0.25) is 0 Å². The molecule has 0 spiro atoms. The molecule has 3 aromatic heterocycles. The summed E-state index contributed by atoms with van der Waals surface area (Å²) in [6.07, 6.45) is 3.16. The molecule has 3 atom stereocenters. The van der Waals surface area contributed by atoms with Gasteiger partial charge in [0, 0.05) is 36.9 Å². The first-order valence-corrected chi connectivity index (χ1v) is 11.0. The van der Waals surface area contributed by atoms with Crippen LogP contribution in [0.1, 0.15) is 46.6 Å². The van der Waals surface area contributed by atoms with Crippen molar-refractivity contribution >= 4 is 5.91 Å². The van der Waals surface area contributed by atoms with E-state index < -0.39 is 17.6 Å². The second-order valence-electron chi connectivity index (χ2n) is 8.78. The van der Waals surface area contributed by atoms with E-state index in [1.165, 1.54) is 0 Å². The number of hydrogen-bond donors (Lipinski definition) is 0. The van der Waals surface area contributed by atoms with Crippen LogP contribution in [0.5, 0.6) is 0 Å². The smallest absolute Gasteiger partial charge is 0.331 e. The molecule has 3 aromatic rings. The van der Waals surface area contributed by atoms with Crippen LogP contribution in [0.15, 0.2) is 43.0 Å². The number of halogens is 4. The molecule has 6 nitrogen and oxygen atoms in total. The summed E-state index contributed by atoms with van der Waals surface area (Å²) in [5, 5.41) is 0. The van der Waals surface area contributed by atoms with E-state index in [1.807, 2.05) is 6.92 Å². The van der Waals surface area contributed by atoms with E-state index >= 15 is 0 Å². The molecule has 34 heavy (non-hydrogen) atoms. The van der Waals surface area contributed by atoms with E-state index in [2.05, 4.69) is 19.9 Å². The summed E-state index contributed by atoms with van der Waals surface area (Å²) in [5.41, 5.74) is 0.544. The number of fused-ring (bicyclic) bond motifs is 2. The van der Waals surface area contributed by atoms with Gasteiger partial charge in [-0.15, -0.1) is 0 Å². The summed E-state index contributed by atoms with van der Waals surface area (Å²) >= 11 is 0. The molecule has 10 heteroatoms. The highest BCUT2D eigenvalue weighted by atomic mass is 19.4. The van der Waals surface area contributed by atoms with E-state index in [1.54, 1.807) is 35.6 Å². The topological polar surface area (TPSA) is 71.9 Å². The van der Waals surface area contributed by atoms with Crippen molar-refractivity contribution in [2.45, 2.75) is 50.9 Å². The molecule has 2 fully saturated rings. The van der Waals surface area contributed by atoms with Gasteiger partial charge in [0.1, 0.15) is 11.5 Å². The summed E-state index contributed by atoms with van der Waals surface area (Å²) in [6.45, 7) is 1.87. The molecule has 0 aliphatic carbocycles. The third-order valence-electron chi connectivity index (χ3n) is 6.75. The molecule has 0 saturated carbocycles. The summed E-state index contributed by atoms with van der Waals surface area (Å²) in [4.78, 5) is 32.2. The van der Waals surface area contributed by atoms with Crippen LogP contribution in [-0.2, 0) is 12.6 Å². The predicted molar refractivity (Wildman–Crippen MR) is 114 cm³/mol. The predicted octanol–water partition coefficient (Wildman–Crippen LogP) is 4.64. The molecule has 2 bridgehead atoms. The van der Waals surface area contributed by atoms with Gasteiger partial charge in [0.05, 0.1) is 16.8 Å². The van der Waals surface area contributed by atoms with E-state index in [9.17, 15) is 22.4 Å². The van der Waals surface area contributed by atoms with Gasteiger partial charge in [0.15, 0.2) is 5.82 Å². The molecule has 2 aliphatic rings. The zero-order valence-electron chi connectivity index (χ0n) is 18.3. The lowest BCUT2D eigenvalue weighted by atomic mass is 9.85. The number of aryl methyl sites for hydroxylation is 1. The van der Waals surface area contributed by atoms with Crippen LogP contribution in [0, 0.1) is 18.7 Å². The first kappa shape index (κ1) is 22.4. The molecule has 2 aliphatic heterocycles. The van der Waals surface area contributed by atoms with Crippen LogP contribution >= 0.6 is 0 Å². The maximum atomic E-state index is 14.4. The van der Waals surface area contributed by atoms with E-state index in [0.29, 0.717) is 30.1 Å².